The summed E-state index contributed by atoms with van der Waals surface area (Å²) in [6.07, 6.45) is 1.68. The molecule has 0 saturated carbocycles. The molecule has 0 aliphatic rings. The number of allylic oxidation sites excluding steroid dienone is 2. The number of anilines is 2. The number of fused-ring (bicyclic) bond motifs is 1. The van der Waals surface area contributed by atoms with Gasteiger partial charge in [-0.2, -0.15) is 5.10 Å². The molecule has 0 amide bonds. The molecule has 29 heavy (non-hydrogen) atoms. The average Bonchev–Trinajstić information content (AvgIpc) is 2.71. The third-order valence-electron chi connectivity index (χ3n) is 4.25. The largest absolute Gasteiger partial charge is 0.397 e. The van der Waals surface area contributed by atoms with Crippen LogP contribution in [-0.2, 0) is 0 Å². The Labute approximate surface area is 166 Å². The van der Waals surface area contributed by atoms with Crippen LogP contribution in [0.3, 0.4) is 0 Å². The molecule has 0 aliphatic heterocycles. The first kappa shape index (κ1) is 20.2. The molecule has 9 heteroatoms. The van der Waals surface area contributed by atoms with E-state index in [2.05, 4.69) is 44.3 Å². The molecule has 3 rings (SSSR count). The van der Waals surface area contributed by atoms with Crippen LogP contribution in [0.15, 0.2) is 47.3 Å². The smallest absolute Gasteiger partial charge is 0.278 e. The van der Waals surface area contributed by atoms with Crippen molar-refractivity contribution >= 4 is 34.5 Å². The summed E-state index contributed by atoms with van der Waals surface area (Å²) in [6.45, 7) is 4.14. The molecule has 0 atom stereocenters. The van der Waals surface area contributed by atoms with Gasteiger partial charge in [-0.15, -0.1) is 5.10 Å². The molecule has 150 valence electrons. The Morgan fingerprint density at radius 1 is 1.14 bits per heavy atom. The lowest BCUT2D eigenvalue weighted by molar-refractivity contribution is 0.189. The summed E-state index contributed by atoms with van der Waals surface area (Å²) < 4.78 is 26.2. The third kappa shape index (κ3) is 4.68. The quantitative estimate of drug-likeness (QED) is 0.611. The Hall–Kier alpha value is -3.49. The van der Waals surface area contributed by atoms with E-state index in [0.717, 1.165) is 5.56 Å². The van der Waals surface area contributed by atoms with Gasteiger partial charge in [0.05, 0.1) is 22.9 Å². The van der Waals surface area contributed by atoms with Crippen LogP contribution in [0.4, 0.5) is 20.4 Å². The van der Waals surface area contributed by atoms with Gasteiger partial charge in [0.1, 0.15) is 5.82 Å². The van der Waals surface area contributed by atoms with E-state index >= 15 is 0 Å². The lowest BCUT2D eigenvalue weighted by atomic mass is 10.1. The van der Waals surface area contributed by atoms with Crippen LogP contribution in [0.5, 0.6) is 0 Å². The Kier molecular flexibility index (Phi) is 6.06. The first-order chi connectivity index (χ1) is 13.9. The second-order valence-electron chi connectivity index (χ2n) is 6.67. The van der Waals surface area contributed by atoms with Crippen molar-refractivity contribution in [1.82, 2.24) is 20.2 Å². The predicted molar refractivity (Wildman–Crippen MR) is 110 cm³/mol. The van der Waals surface area contributed by atoms with Crippen molar-refractivity contribution in [2.75, 3.05) is 12.4 Å². The normalized spacial score (nSPS) is 12.8. The van der Waals surface area contributed by atoms with Crippen molar-refractivity contribution in [1.29, 1.82) is 0 Å². The Morgan fingerprint density at radius 2 is 1.93 bits per heavy atom. The summed E-state index contributed by atoms with van der Waals surface area (Å²) in [7, 11) is 1.49. The fraction of sp³-hybridized carbons (Fsp3) is 0.250. The van der Waals surface area contributed by atoms with Gasteiger partial charge < -0.3 is 11.1 Å². The molecular formula is C20H21F2N7. The highest BCUT2D eigenvalue weighted by atomic mass is 19.3. The molecular weight excluding hydrogens is 376 g/mol. The highest BCUT2D eigenvalue weighted by molar-refractivity contribution is 6.11. The molecule has 0 aromatic carbocycles. The number of alkyl halides is 2. The second-order valence-corrected chi connectivity index (χ2v) is 6.67. The van der Waals surface area contributed by atoms with E-state index in [9.17, 15) is 8.78 Å². The van der Waals surface area contributed by atoms with Crippen molar-refractivity contribution in [3.05, 3.63) is 53.5 Å². The van der Waals surface area contributed by atoms with Crippen LogP contribution in [0.25, 0.3) is 16.6 Å². The first-order valence-corrected chi connectivity index (χ1v) is 8.95. The zero-order valence-electron chi connectivity index (χ0n) is 16.3. The summed E-state index contributed by atoms with van der Waals surface area (Å²) in [5.41, 5.74) is 7.70. The Morgan fingerprint density at radius 3 is 2.62 bits per heavy atom. The lowest BCUT2D eigenvalue weighted by Crippen LogP contribution is -2.12. The van der Waals surface area contributed by atoms with Gasteiger partial charge in [-0.05, 0) is 35.7 Å². The van der Waals surface area contributed by atoms with E-state index in [1.807, 2.05) is 6.07 Å². The zero-order valence-corrected chi connectivity index (χ0v) is 16.3. The fourth-order valence-corrected chi connectivity index (χ4v) is 2.68. The number of nitrogens with two attached hydrogens (primary N) is 1. The van der Waals surface area contributed by atoms with Crippen molar-refractivity contribution in [2.24, 2.45) is 10.7 Å². The molecule has 0 spiro atoms. The van der Waals surface area contributed by atoms with Gasteiger partial charge >= 0.3 is 0 Å². The highest BCUT2D eigenvalue weighted by Gasteiger charge is 2.15. The molecule has 0 saturated heterocycles. The van der Waals surface area contributed by atoms with E-state index in [4.69, 9.17) is 5.73 Å². The molecule has 3 aromatic heterocycles. The maximum absolute atomic E-state index is 13.1. The average molecular weight is 397 g/mol. The number of aromatic nitrogens is 4. The van der Waals surface area contributed by atoms with Crippen molar-refractivity contribution in [3.8, 4) is 0 Å². The molecule has 3 N–H and O–H groups in total. The number of halogens is 2. The maximum atomic E-state index is 13.1. The van der Waals surface area contributed by atoms with Gasteiger partial charge in [0.2, 0.25) is 0 Å². The summed E-state index contributed by atoms with van der Waals surface area (Å²) in [5.74, 6) is 1.41. The van der Waals surface area contributed by atoms with Crippen LogP contribution in [-0.4, -0.2) is 39.9 Å². The number of rotatable bonds is 6. The topological polar surface area (TPSA) is 102 Å². The van der Waals surface area contributed by atoms with Crippen LogP contribution in [0, 0.1) is 0 Å². The van der Waals surface area contributed by atoms with Crippen molar-refractivity contribution in [2.45, 2.75) is 26.2 Å². The lowest BCUT2D eigenvalue weighted by Gasteiger charge is -2.10. The van der Waals surface area contributed by atoms with Crippen LogP contribution in [0.1, 0.15) is 30.9 Å². The SMILES string of the molecule is CN=CC(=C(N)C(F)F)c1cnc2ccc(Nc3cc(C(C)C)cnn3)nc2c1. The van der Waals surface area contributed by atoms with Gasteiger partial charge in [0.25, 0.3) is 6.43 Å². The minimum Gasteiger partial charge on any atom is -0.397 e. The highest BCUT2D eigenvalue weighted by Crippen LogP contribution is 2.23. The van der Waals surface area contributed by atoms with Crippen LogP contribution >= 0.6 is 0 Å². The van der Waals surface area contributed by atoms with Crippen LogP contribution in [0.2, 0.25) is 0 Å². The van der Waals surface area contributed by atoms with Crippen LogP contribution < -0.4 is 11.1 Å². The van der Waals surface area contributed by atoms with Crippen molar-refractivity contribution < 1.29 is 8.78 Å². The Bertz CT molecular complexity index is 1080. The Balaban J connectivity index is 1.99. The zero-order chi connectivity index (χ0) is 21.0. The van der Waals surface area contributed by atoms with E-state index in [0.29, 0.717) is 34.2 Å². The molecule has 0 fully saturated rings. The van der Waals surface area contributed by atoms with Crippen molar-refractivity contribution in [3.63, 3.8) is 0 Å². The van der Waals surface area contributed by atoms with E-state index < -0.39 is 12.1 Å². The number of nitrogens with zero attached hydrogens (tertiary/aromatic N) is 5. The molecule has 0 aliphatic carbocycles. The van der Waals surface area contributed by atoms with Gasteiger partial charge in [-0.1, -0.05) is 13.8 Å². The monoisotopic (exact) mass is 397 g/mol. The number of hydrogen-bond acceptors (Lipinski definition) is 7. The molecule has 0 radical (unpaired) electrons. The minimum absolute atomic E-state index is 0.118. The minimum atomic E-state index is -2.80. The van der Waals surface area contributed by atoms with E-state index in [1.54, 1.807) is 24.4 Å². The maximum Gasteiger partial charge on any atom is 0.278 e. The molecule has 3 heterocycles. The number of nitrogens with one attached hydrogen (secondary N) is 1. The van der Waals surface area contributed by atoms with E-state index in [1.165, 1.54) is 19.5 Å². The van der Waals surface area contributed by atoms with Gasteiger partial charge in [-0.3, -0.25) is 9.98 Å². The summed E-state index contributed by atoms with van der Waals surface area (Å²) >= 11 is 0. The molecule has 7 nitrogen and oxygen atoms in total. The first-order valence-electron chi connectivity index (χ1n) is 8.95. The molecule has 0 unspecified atom stereocenters. The molecule has 0 bridgehead atoms. The van der Waals surface area contributed by atoms with Gasteiger partial charge in [0.15, 0.2) is 5.82 Å². The number of aliphatic imine (C=N–C) groups is 1. The number of pyridine rings is 2. The van der Waals surface area contributed by atoms with Gasteiger partial charge in [-0.25, -0.2) is 13.8 Å². The fourth-order valence-electron chi connectivity index (χ4n) is 2.68. The standard InChI is InChI=1S/C20H21F2N7/c1-11(2)12-7-18(29-26-9-12)28-17-5-4-15-16(27-17)6-13(8-25-15)14(10-24-3)19(23)20(21)22/h4-11,20H,23H2,1-3H3,(H,27,28,29). The summed E-state index contributed by atoms with van der Waals surface area (Å²) in [6, 6.07) is 7.09. The third-order valence-corrected chi connectivity index (χ3v) is 4.25. The predicted octanol–water partition coefficient (Wildman–Crippen LogP) is 3.92. The summed E-state index contributed by atoms with van der Waals surface area (Å²) in [5, 5.41) is 11.2. The molecule has 3 aromatic rings. The van der Waals surface area contributed by atoms with E-state index in [-0.39, 0.29) is 5.57 Å². The summed E-state index contributed by atoms with van der Waals surface area (Å²) in [4.78, 5) is 12.6. The van der Waals surface area contributed by atoms with Gasteiger partial charge in [0, 0.05) is 30.6 Å². The number of hydrogen-bond donors (Lipinski definition) is 2. The second kappa shape index (κ2) is 8.68.